The van der Waals surface area contributed by atoms with Crippen molar-refractivity contribution in [2.75, 3.05) is 5.32 Å². The summed E-state index contributed by atoms with van der Waals surface area (Å²) in [5, 5.41) is 14.0. The van der Waals surface area contributed by atoms with Gasteiger partial charge in [0.15, 0.2) is 0 Å². The molecule has 3 rings (SSSR count). The van der Waals surface area contributed by atoms with Gasteiger partial charge in [-0.15, -0.1) is 5.10 Å². The first-order valence-corrected chi connectivity index (χ1v) is 5.91. The Balaban J connectivity index is 1.77. The Labute approximate surface area is 117 Å². The first-order valence-electron chi connectivity index (χ1n) is 5.54. The second kappa shape index (κ2) is 5.14. The number of carbonyl (C=O) groups is 1. The molecule has 1 aromatic carbocycles. The van der Waals surface area contributed by atoms with Crippen molar-refractivity contribution in [3.05, 3.63) is 47.3 Å². The summed E-state index contributed by atoms with van der Waals surface area (Å²) < 4.78 is 10.0. The number of benzene rings is 1. The fourth-order valence-corrected chi connectivity index (χ4v) is 1.60. The van der Waals surface area contributed by atoms with E-state index >= 15 is 0 Å². The molecule has 0 saturated carbocycles. The summed E-state index contributed by atoms with van der Waals surface area (Å²) in [7, 11) is 0. The van der Waals surface area contributed by atoms with Crippen molar-refractivity contribution in [2.45, 2.75) is 0 Å². The molecule has 0 unspecified atom stereocenters. The molecule has 0 aliphatic carbocycles. The van der Waals surface area contributed by atoms with Crippen molar-refractivity contribution >= 4 is 23.5 Å². The van der Waals surface area contributed by atoms with Gasteiger partial charge in [0.05, 0.1) is 6.20 Å². The fourth-order valence-electron chi connectivity index (χ4n) is 1.47. The van der Waals surface area contributed by atoms with Crippen molar-refractivity contribution < 1.29 is 13.7 Å². The highest BCUT2D eigenvalue weighted by molar-refractivity contribution is 6.30. The smallest absolute Gasteiger partial charge is 0.322 e. The standard InChI is InChI=1S/C12H7ClN4O3/c13-8-3-1-7(2-4-8)11-16-17-12(19-11)15-10(18)9-5-6-14-20-9/h1-6H,(H,15,17,18). The minimum Gasteiger partial charge on any atom is -0.403 e. The van der Waals surface area contributed by atoms with Crippen LogP contribution in [0.2, 0.25) is 5.02 Å². The molecule has 0 spiro atoms. The number of halogens is 1. The quantitative estimate of drug-likeness (QED) is 0.797. The Hall–Kier alpha value is -2.67. The lowest BCUT2D eigenvalue weighted by Crippen LogP contribution is -2.11. The SMILES string of the molecule is O=C(Nc1nnc(-c2ccc(Cl)cc2)o1)c1ccno1. The number of aromatic nitrogens is 3. The van der Waals surface area contributed by atoms with Crippen molar-refractivity contribution in [2.24, 2.45) is 0 Å². The highest BCUT2D eigenvalue weighted by Gasteiger charge is 2.15. The van der Waals surface area contributed by atoms with Crippen molar-refractivity contribution in [1.29, 1.82) is 0 Å². The lowest BCUT2D eigenvalue weighted by molar-refractivity contribution is 0.0985. The zero-order chi connectivity index (χ0) is 13.9. The van der Waals surface area contributed by atoms with Gasteiger partial charge < -0.3 is 8.94 Å². The molecular formula is C12H7ClN4O3. The Bertz CT molecular complexity index is 722. The second-order valence-electron chi connectivity index (χ2n) is 3.75. The largest absolute Gasteiger partial charge is 0.403 e. The highest BCUT2D eigenvalue weighted by atomic mass is 35.5. The van der Waals surface area contributed by atoms with Crippen LogP contribution >= 0.6 is 11.6 Å². The number of hydrogen-bond donors (Lipinski definition) is 1. The van der Waals surface area contributed by atoms with E-state index in [0.717, 1.165) is 0 Å². The molecule has 2 aromatic heterocycles. The number of hydrogen-bond acceptors (Lipinski definition) is 6. The van der Waals surface area contributed by atoms with Crippen LogP contribution in [0, 0.1) is 0 Å². The second-order valence-corrected chi connectivity index (χ2v) is 4.19. The number of anilines is 1. The van der Waals surface area contributed by atoms with E-state index in [1.54, 1.807) is 24.3 Å². The van der Waals surface area contributed by atoms with E-state index in [4.69, 9.17) is 20.5 Å². The molecule has 0 radical (unpaired) electrons. The fraction of sp³-hybridized carbons (Fsp3) is 0. The maximum Gasteiger partial charge on any atom is 0.322 e. The maximum absolute atomic E-state index is 11.7. The molecule has 0 fully saturated rings. The maximum atomic E-state index is 11.7. The van der Waals surface area contributed by atoms with Gasteiger partial charge in [-0.3, -0.25) is 10.1 Å². The van der Waals surface area contributed by atoms with Gasteiger partial charge in [-0.25, -0.2) is 0 Å². The normalized spacial score (nSPS) is 10.4. The van der Waals surface area contributed by atoms with E-state index in [1.807, 2.05) is 0 Å². The summed E-state index contributed by atoms with van der Waals surface area (Å²) in [6.07, 6.45) is 1.36. The van der Waals surface area contributed by atoms with Crippen LogP contribution in [0.5, 0.6) is 0 Å². The van der Waals surface area contributed by atoms with E-state index in [9.17, 15) is 4.79 Å². The van der Waals surface area contributed by atoms with Gasteiger partial charge in [0.2, 0.25) is 11.7 Å². The molecular weight excluding hydrogens is 284 g/mol. The van der Waals surface area contributed by atoms with Crippen LogP contribution in [0.3, 0.4) is 0 Å². The van der Waals surface area contributed by atoms with Crippen LogP contribution in [-0.4, -0.2) is 21.3 Å². The molecule has 1 N–H and O–H groups in total. The van der Waals surface area contributed by atoms with E-state index in [1.165, 1.54) is 12.3 Å². The van der Waals surface area contributed by atoms with Crippen LogP contribution in [0.1, 0.15) is 10.6 Å². The predicted molar refractivity (Wildman–Crippen MR) is 69.2 cm³/mol. The number of carbonyl (C=O) groups excluding carboxylic acids is 1. The molecule has 0 aliphatic heterocycles. The minimum absolute atomic E-state index is 0.0312. The lowest BCUT2D eigenvalue weighted by atomic mass is 10.2. The van der Waals surface area contributed by atoms with Crippen LogP contribution in [0.25, 0.3) is 11.5 Å². The number of rotatable bonds is 3. The van der Waals surface area contributed by atoms with Gasteiger partial charge in [0.1, 0.15) is 0 Å². The molecule has 0 saturated heterocycles. The molecule has 0 bridgehead atoms. The average molecular weight is 291 g/mol. The number of amides is 1. The summed E-state index contributed by atoms with van der Waals surface area (Å²) >= 11 is 5.79. The van der Waals surface area contributed by atoms with Gasteiger partial charge in [-0.2, -0.15) is 0 Å². The first-order chi connectivity index (χ1) is 9.72. The zero-order valence-electron chi connectivity index (χ0n) is 9.91. The zero-order valence-corrected chi connectivity index (χ0v) is 10.7. The van der Waals surface area contributed by atoms with E-state index in [0.29, 0.717) is 10.6 Å². The monoisotopic (exact) mass is 290 g/mol. The third kappa shape index (κ3) is 2.52. The Morgan fingerprint density at radius 1 is 1.15 bits per heavy atom. The Morgan fingerprint density at radius 3 is 2.65 bits per heavy atom. The molecule has 0 atom stereocenters. The van der Waals surface area contributed by atoms with Gasteiger partial charge in [-0.1, -0.05) is 21.9 Å². The van der Waals surface area contributed by atoms with Crippen LogP contribution in [0.15, 0.2) is 45.5 Å². The first kappa shape index (κ1) is 12.4. The summed E-state index contributed by atoms with van der Waals surface area (Å²) in [5.74, 6) is -0.195. The van der Waals surface area contributed by atoms with Crippen molar-refractivity contribution in [3.63, 3.8) is 0 Å². The molecule has 3 aromatic rings. The van der Waals surface area contributed by atoms with Gasteiger partial charge in [0.25, 0.3) is 5.91 Å². The van der Waals surface area contributed by atoms with E-state index in [-0.39, 0.29) is 17.7 Å². The van der Waals surface area contributed by atoms with E-state index < -0.39 is 5.91 Å². The Kier molecular flexibility index (Phi) is 3.18. The minimum atomic E-state index is -0.520. The third-order valence-corrected chi connectivity index (χ3v) is 2.65. The summed E-state index contributed by atoms with van der Waals surface area (Å²) in [4.78, 5) is 11.7. The van der Waals surface area contributed by atoms with Gasteiger partial charge in [-0.05, 0) is 24.3 Å². The van der Waals surface area contributed by atoms with Gasteiger partial charge >= 0.3 is 6.01 Å². The topological polar surface area (TPSA) is 94.1 Å². The third-order valence-electron chi connectivity index (χ3n) is 2.40. The lowest BCUT2D eigenvalue weighted by Gasteiger charge is -1.96. The number of nitrogens with zero attached hydrogens (tertiary/aromatic N) is 3. The highest BCUT2D eigenvalue weighted by Crippen LogP contribution is 2.21. The van der Waals surface area contributed by atoms with Crippen LogP contribution < -0.4 is 5.32 Å². The molecule has 1 amide bonds. The van der Waals surface area contributed by atoms with Crippen molar-refractivity contribution in [1.82, 2.24) is 15.4 Å². The predicted octanol–water partition coefficient (Wildman–Crippen LogP) is 2.63. The summed E-state index contributed by atoms with van der Waals surface area (Å²) in [6, 6.07) is 8.26. The summed E-state index contributed by atoms with van der Waals surface area (Å²) in [5.41, 5.74) is 0.696. The number of nitrogens with one attached hydrogen (secondary N) is 1. The molecule has 7 nitrogen and oxygen atoms in total. The molecule has 2 heterocycles. The van der Waals surface area contributed by atoms with Gasteiger partial charge in [0, 0.05) is 16.7 Å². The van der Waals surface area contributed by atoms with Crippen LogP contribution in [0.4, 0.5) is 6.01 Å². The van der Waals surface area contributed by atoms with E-state index in [2.05, 4.69) is 20.7 Å². The average Bonchev–Trinajstić information content (AvgIpc) is 3.10. The Morgan fingerprint density at radius 2 is 1.95 bits per heavy atom. The molecule has 20 heavy (non-hydrogen) atoms. The van der Waals surface area contributed by atoms with Crippen LogP contribution in [-0.2, 0) is 0 Å². The molecule has 0 aliphatic rings. The van der Waals surface area contributed by atoms with Crippen molar-refractivity contribution in [3.8, 4) is 11.5 Å². The molecule has 100 valence electrons. The molecule has 8 heteroatoms. The summed E-state index contributed by atoms with van der Waals surface area (Å²) in [6.45, 7) is 0.